The van der Waals surface area contributed by atoms with Crippen LogP contribution in [0.4, 0.5) is 0 Å². The summed E-state index contributed by atoms with van der Waals surface area (Å²) in [4.78, 5) is 28.1. The Labute approximate surface area is 158 Å². The molecule has 2 aliphatic heterocycles. The van der Waals surface area contributed by atoms with Crippen LogP contribution in [0, 0.1) is 19.8 Å². The number of carbonyl (C=O) groups excluding carboxylic acids is 1. The molecule has 0 aromatic carbocycles. The minimum atomic E-state index is -0.0835. The average Bonchev–Trinajstić information content (AvgIpc) is 3.10. The largest absolute Gasteiger partial charge is 0.341 e. The van der Waals surface area contributed by atoms with E-state index >= 15 is 0 Å². The van der Waals surface area contributed by atoms with E-state index in [4.69, 9.17) is 0 Å². The van der Waals surface area contributed by atoms with Crippen molar-refractivity contribution >= 4 is 5.91 Å². The molecule has 0 spiro atoms. The molecule has 4 rings (SSSR count). The SMILES string of the molecule is Cc1cc(C)n(-c2ccc(=O)n(CC3CN(CC4CCC(=O)N4C)C3)n2)n1. The third kappa shape index (κ3) is 3.53. The third-order valence-corrected chi connectivity index (χ3v) is 5.64. The van der Waals surface area contributed by atoms with E-state index < -0.39 is 0 Å². The van der Waals surface area contributed by atoms with Crippen LogP contribution in [0.5, 0.6) is 0 Å². The minimum absolute atomic E-state index is 0.0835. The Balaban J connectivity index is 1.38. The van der Waals surface area contributed by atoms with E-state index in [1.165, 1.54) is 0 Å². The van der Waals surface area contributed by atoms with Crippen LogP contribution in [0.2, 0.25) is 0 Å². The van der Waals surface area contributed by atoms with Gasteiger partial charge in [-0.2, -0.15) is 5.10 Å². The Bertz CT molecular complexity index is 911. The summed E-state index contributed by atoms with van der Waals surface area (Å²) < 4.78 is 3.32. The molecule has 1 amide bonds. The van der Waals surface area contributed by atoms with Gasteiger partial charge in [0.05, 0.1) is 12.2 Å². The Kier molecular flexibility index (Phi) is 4.59. The quantitative estimate of drug-likeness (QED) is 0.770. The summed E-state index contributed by atoms with van der Waals surface area (Å²) in [6.07, 6.45) is 1.61. The Hall–Kier alpha value is -2.48. The van der Waals surface area contributed by atoms with Gasteiger partial charge in [-0.3, -0.25) is 9.59 Å². The zero-order valence-corrected chi connectivity index (χ0v) is 16.1. The van der Waals surface area contributed by atoms with Crippen LogP contribution in [0.25, 0.3) is 5.82 Å². The number of likely N-dealkylation sites (tertiary alicyclic amines) is 2. The van der Waals surface area contributed by atoms with Crippen molar-refractivity contribution in [3.63, 3.8) is 0 Å². The lowest BCUT2D eigenvalue weighted by molar-refractivity contribution is -0.128. The summed E-state index contributed by atoms with van der Waals surface area (Å²) in [7, 11) is 1.89. The van der Waals surface area contributed by atoms with Crippen molar-refractivity contribution in [2.45, 2.75) is 39.3 Å². The number of aromatic nitrogens is 4. The van der Waals surface area contributed by atoms with Crippen molar-refractivity contribution in [1.82, 2.24) is 29.4 Å². The van der Waals surface area contributed by atoms with Crippen molar-refractivity contribution < 1.29 is 4.79 Å². The van der Waals surface area contributed by atoms with Crippen LogP contribution in [0.1, 0.15) is 24.2 Å². The first-order valence-electron chi connectivity index (χ1n) is 9.50. The lowest BCUT2D eigenvalue weighted by atomic mass is 9.99. The van der Waals surface area contributed by atoms with Gasteiger partial charge >= 0.3 is 0 Å². The fourth-order valence-corrected chi connectivity index (χ4v) is 4.10. The highest BCUT2D eigenvalue weighted by atomic mass is 16.2. The molecule has 0 N–H and O–H groups in total. The number of aryl methyl sites for hydroxylation is 2. The van der Waals surface area contributed by atoms with E-state index in [0.717, 1.165) is 37.4 Å². The standard InChI is InChI=1S/C19H26N6O2/c1-13-8-14(2)25(20-13)17-5-7-19(27)24(21-17)11-15-9-23(10-15)12-16-4-6-18(26)22(16)3/h5,7-8,15-16H,4,6,9-12H2,1-3H3. The lowest BCUT2D eigenvalue weighted by Gasteiger charge is -2.41. The second kappa shape index (κ2) is 6.92. The molecule has 0 aliphatic carbocycles. The second-order valence-electron chi connectivity index (χ2n) is 7.83. The Morgan fingerprint density at radius 1 is 1.11 bits per heavy atom. The summed E-state index contributed by atoms with van der Waals surface area (Å²) in [6.45, 7) is 7.34. The number of likely N-dealkylation sites (N-methyl/N-ethyl adjacent to an activating group) is 1. The van der Waals surface area contributed by atoms with Gasteiger partial charge in [0.25, 0.3) is 5.56 Å². The average molecular weight is 370 g/mol. The third-order valence-electron chi connectivity index (χ3n) is 5.64. The molecule has 2 fully saturated rings. The van der Waals surface area contributed by atoms with Gasteiger partial charge in [0, 0.05) is 56.8 Å². The topological polar surface area (TPSA) is 76.3 Å². The molecule has 2 saturated heterocycles. The maximum absolute atomic E-state index is 12.2. The zero-order valence-electron chi connectivity index (χ0n) is 16.1. The van der Waals surface area contributed by atoms with Crippen LogP contribution in [0.15, 0.2) is 23.0 Å². The predicted octanol–water partition coefficient (Wildman–Crippen LogP) is 0.598. The molecule has 2 aromatic rings. The van der Waals surface area contributed by atoms with Gasteiger partial charge in [-0.1, -0.05) is 0 Å². The van der Waals surface area contributed by atoms with Gasteiger partial charge in [-0.15, -0.1) is 5.10 Å². The van der Waals surface area contributed by atoms with E-state index in [9.17, 15) is 9.59 Å². The molecule has 27 heavy (non-hydrogen) atoms. The second-order valence-corrected chi connectivity index (χ2v) is 7.83. The molecule has 0 radical (unpaired) electrons. The lowest BCUT2D eigenvalue weighted by Crippen LogP contribution is -2.53. The van der Waals surface area contributed by atoms with Crippen LogP contribution in [0.3, 0.4) is 0 Å². The number of carbonyl (C=O) groups is 1. The minimum Gasteiger partial charge on any atom is -0.341 e. The maximum Gasteiger partial charge on any atom is 0.266 e. The number of rotatable bonds is 5. The van der Waals surface area contributed by atoms with Crippen LogP contribution in [-0.2, 0) is 11.3 Å². The number of hydrogen-bond acceptors (Lipinski definition) is 5. The molecule has 0 bridgehead atoms. The number of nitrogens with zero attached hydrogens (tertiary/aromatic N) is 6. The maximum atomic E-state index is 12.2. The summed E-state index contributed by atoms with van der Waals surface area (Å²) in [5.41, 5.74) is 1.84. The summed E-state index contributed by atoms with van der Waals surface area (Å²) in [5.74, 6) is 1.32. The van der Waals surface area contributed by atoms with Crippen LogP contribution >= 0.6 is 0 Å². The molecule has 2 aliphatic rings. The van der Waals surface area contributed by atoms with Gasteiger partial charge in [-0.25, -0.2) is 9.36 Å². The normalized spacial score (nSPS) is 21.1. The fraction of sp³-hybridized carbons (Fsp3) is 0.579. The van der Waals surface area contributed by atoms with E-state index in [-0.39, 0.29) is 11.5 Å². The molecule has 8 heteroatoms. The van der Waals surface area contributed by atoms with Gasteiger partial charge in [0.15, 0.2) is 5.82 Å². The highest BCUT2D eigenvalue weighted by Crippen LogP contribution is 2.23. The predicted molar refractivity (Wildman–Crippen MR) is 101 cm³/mol. The first-order chi connectivity index (χ1) is 12.9. The summed E-state index contributed by atoms with van der Waals surface area (Å²) >= 11 is 0. The van der Waals surface area contributed by atoms with E-state index in [2.05, 4.69) is 15.1 Å². The van der Waals surface area contributed by atoms with Crippen LogP contribution in [-0.4, -0.2) is 68.0 Å². The monoisotopic (exact) mass is 370 g/mol. The van der Waals surface area contributed by atoms with Gasteiger partial charge < -0.3 is 9.80 Å². The zero-order chi connectivity index (χ0) is 19.1. The van der Waals surface area contributed by atoms with Crippen molar-refractivity contribution in [3.8, 4) is 5.82 Å². The molecular formula is C19H26N6O2. The van der Waals surface area contributed by atoms with E-state index in [1.54, 1.807) is 21.5 Å². The molecule has 8 nitrogen and oxygen atoms in total. The van der Waals surface area contributed by atoms with Gasteiger partial charge in [0.1, 0.15) is 0 Å². The smallest absolute Gasteiger partial charge is 0.266 e. The molecule has 4 heterocycles. The van der Waals surface area contributed by atoms with Crippen molar-refractivity contribution in [2.24, 2.45) is 5.92 Å². The van der Waals surface area contributed by atoms with Crippen molar-refractivity contribution in [2.75, 3.05) is 26.7 Å². The molecule has 144 valence electrons. The summed E-state index contributed by atoms with van der Waals surface area (Å²) in [5, 5.41) is 8.97. The first kappa shape index (κ1) is 17.9. The van der Waals surface area contributed by atoms with Crippen molar-refractivity contribution in [3.05, 3.63) is 39.9 Å². The summed E-state index contributed by atoms with van der Waals surface area (Å²) in [6, 6.07) is 5.60. The van der Waals surface area contributed by atoms with E-state index in [1.807, 2.05) is 31.9 Å². The highest BCUT2D eigenvalue weighted by Gasteiger charge is 2.34. The number of amides is 1. The Morgan fingerprint density at radius 3 is 2.52 bits per heavy atom. The fourth-order valence-electron chi connectivity index (χ4n) is 4.10. The molecule has 2 aromatic heterocycles. The molecule has 1 unspecified atom stereocenters. The number of hydrogen-bond donors (Lipinski definition) is 0. The Morgan fingerprint density at radius 2 is 1.89 bits per heavy atom. The molecule has 1 atom stereocenters. The van der Waals surface area contributed by atoms with Gasteiger partial charge in [0.2, 0.25) is 5.91 Å². The van der Waals surface area contributed by atoms with Crippen LogP contribution < -0.4 is 5.56 Å². The molecular weight excluding hydrogens is 344 g/mol. The molecule has 0 saturated carbocycles. The van der Waals surface area contributed by atoms with E-state index in [0.29, 0.717) is 30.7 Å². The first-order valence-corrected chi connectivity index (χ1v) is 9.50. The van der Waals surface area contributed by atoms with Gasteiger partial charge in [-0.05, 0) is 32.4 Å². The highest BCUT2D eigenvalue weighted by molar-refractivity contribution is 5.78. The van der Waals surface area contributed by atoms with Crippen molar-refractivity contribution in [1.29, 1.82) is 0 Å².